The van der Waals surface area contributed by atoms with Gasteiger partial charge in [0.25, 0.3) is 0 Å². The molecule has 1 N–H and O–H groups in total. The van der Waals surface area contributed by atoms with Crippen molar-refractivity contribution in [2.75, 3.05) is 32.7 Å². The van der Waals surface area contributed by atoms with Crippen molar-refractivity contribution in [3.05, 3.63) is 0 Å². The Kier molecular flexibility index (Phi) is 4.62. The summed E-state index contributed by atoms with van der Waals surface area (Å²) in [5, 5.41) is 3.49. The van der Waals surface area contributed by atoms with Crippen molar-refractivity contribution in [2.45, 2.75) is 45.3 Å². The van der Waals surface area contributed by atoms with Crippen LogP contribution >= 0.6 is 0 Å². The number of likely N-dealkylation sites (tertiary alicyclic amines) is 2. The standard InChI is InChI=1S/C14H26N4O2/c1-14(2,3)20-13(19)18-9-12(10-18)17-6-4-11(5-7-17)8-16-15/h11-12,15H,4-10H2,1-3H3. The fraction of sp³-hybridized carbons (Fsp3) is 0.929. The maximum atomic E-state index is 11.9. The van der Waals surface area contributed by atoms with E-state index >= 15 is 0 Å². The molecule has 2 saturated heterocycles. The maximum absolute atomic E-state index is 11.9. The Bertz CT molecular complexity index is 353. The number of amides is 1. The summed E-state index contributed by atoms with van der Waals surface area (Å²) in [5.41, 5.74) is 6.50. The maximum Gasteiger partial charge on any atom is 0.410 e. The zero-order valence-corrected chi connectivity index (χ0v) is 12.8. The van der Waals surface area contributed by atoms with Gasteiger partial charge in [0, 0.05) is 19.1 Å². The van der Waals surface area contributed by atoms with Gasteiger partial charge in [0.1, 0.15) is 5.60 Å². The van der Waals surface area contributed by atoms with Gasteiger partial charge in [0.05, 0.1) is 6.54 Å². The van der Waals surface area contributed by atoms with Gasteiger partial charge in [-0.15, -0.1) is 0 Å². The molecule has 6 heteroatoms. The van der Waals surface area contributed by atoms with Gasteiger partial charge < -0.3 is 9.64 Å². The van der Waals surface area contributed by atoms with Crippen molar-refractivity contribution in [3.8, 4) is 0 Å². The number of rotatable bonds is 3. The fourth-order valence-electron chi connectivity index (χ4n) is 2.79. The second-order valence-electron chi connectivity index (χ2n) is 6.86. The lowest BCUT2D eigenvalue weighted by atomic mass is 9.94. The highest BCUT2D eigenvalue weighted by molar-refractivity contribution is 5.69. The molecule has 20 heavy (non-hydrogen) atoms. The molecule has 0 atom stereocenters. The lowest BCUT2D eigenvalue weighted by molar-refractivity contribution is -0.0213. The van der Waals surface area contributed by atoms with Crippen molar-refractivity contribution in [3.63, 3.8) is 0 Å². The lowest BCUT2D eigenvalue weighted by Crippen LogP contribution is -2.62. The molecule has 0 bridgehead atoms. The smallest absolute Gasteiger partial charge is 0.410 e. The summed E-state index contributed by atoms with van der Waals surface area (Å²) in [6.07, 6.45) is 2.04. The zero-order valence-electron chi connectivity index (χ0n) is 12.8. The number of carbonyl (C=O) groups excluding carboxylic acids is 1. The van der Waals surface area contributed by atoms with E-state index in [-0.39, 0.29) is 6.09 Å². The van der Waals surface area contributed by atoms with Crippen LogP contribution < -0.4 is 0 Å². The fourth-order valence-corrected chi connectivity index (χ4v) is 2.79. The monoisotopic (exact) mass is 282 g/mol. The van der Waals surface area contributed by atoms with Crippen LogP contribution in [0.25, 0.3) is 0 Å². The number of nitrogens with one attached hydrogen (secondary N) is 1. The molecule has 0 aromatic carbocycles. The van der Waals surface area contributed by atoms with Crippen LogP contribution in [0.3, 0.4) is 0 Å². The molecule has 0 unspecified atom stereocenters. The molecule has 114 valence electrons. The molecule has 2 aliphatic rings. The Morgan fingerprint density at radius 2 is 1.90 bits per heavy atom. The van der Waals surface area contributed by atoms with E-state index in [1.54, 1.807) is 4.90 Å². The van der Waals surface area contributed by atoms with Crippen molar-refractivity contribution >= 4 is 6.09 Å². The molecule has 2 fully saturated rings. The van der Waals surface area contributed by atoms with Crippen molar-refractivity contribution in [1.82, 2.24) is 9.80 Å². The van der Waals surface area contributed by atoms with E-state index < -0.39 is 5.60 Å². The average molecular weight is 282 g/mol. The van der Waals surface area contributed by atoms with Gasteiger partial charge in [0.2, 0.25) is 0 Å². The Labute approximate surface area is 121 Å². The minimum atomic E-state index is -0.416. The van der Waals surface area contributed by atoms with Gasteiger partial charge >= 0.3 is 6.09 Å². The quantitative estimate of drug-likeness (QED) is 0.808. The van der Waals surface area contributed by atoms with Crippen LogP contribution in [0.5, 0.6) is 0 Å². The van der Waals surface area contributed by atoms with Gasteiger partial charge in [-0.2, -0.15) is 5.11 Å². The van der Waals surface area contributed by atoms with Crippen molar-refractivity contribution in [2.24, 2.45) is 11.0 Å². The van der Waals surface area contributed by atoms with Gasteiger partial charge in [-0.1, -0.05) is 0 Å². The summed E-state index contributed by atoms with van der Waals surface area (Å²) < 4.78 is 5.36. The second kappa shape index (κ2) is 6.08. The molecule has 2 heterocycles. The van der Waals surface area contributed by atoms with Crippen LogP contribution in [0.4, 0.5) is 4.79 Å². The van der Waals surface area contributed by atoms with E-state index in [0.717, 1.165) is 39.0 Å². The summed E-state index contributed by atoms with van der Waals surface area (Å²) >= 11 is 0. The van der Waals surface area contributed by atoms with Gasteiger partial charge in [-0.25, -0.2) is 10.3 Å². The molecule has 0 aromatic heterocycles. The van der Waals surface area contributed by atoms with Crippen LogP contribution in [0, 0.1) is 11.4 Å². The first-order valence-corrected chi connectivity index (χ1v) is 7.44. The lowest BCUT2D eigenvalue weighted by Gasteiger charge is -2.47. The molecule has 2 aliphatic heterocycles. The van der Waals surface area contributed by atoms with E-state index in [1.165, 1.54) is 0 Å². The van der Waals surface area contributed by atoms with E-state index in [9.17, 15) is 4.79 Å². The molecular weight excluding hydrogens is 256 g/mol. The van der Waals surface area contributed by atoms with E-state index in [1.807, 2.05) is 20.8 Å². The molecule has 1 amide bonds. The highest BCUT2D eigenvalue weighted by atomic mass is 16.6. The molecule has 0 spiro atoms. The van der Waals surface area contributed by atoms with E-state index in [2.05, 4.69) is 10.0 Å². The summed E-state index contributed by atoms with van der Waals surface area (Å²) in [4.78, 5) is 16.1. The first kappa shape index (κ1) is 15.2. The third-order valence-electron chi connectivity index (χ3n) is 4.03. The average Bonchev–Trinajstić information content (AvgIpc) is 2.27. The first-order valence-electron chi connectivity index (χ1n) is 7.44. The van der Waals surface area contributed by atoms with Gasteiger partial charge in [-0.3, -0.25) is 4.90 Å². The second-order valence-corrected chi connectivity index (χ2v) is 6.86. The third kappa shape index (κ3) is 3.91. The molecule has 0 radical (unpaired) electrons. The SMILES string of the molecule is CC(C)(C)OC(=O)N1CC(N2CCC(CN=N)CC2)C1. The van der Waals surface area contributed by atoms with Crippen molar-refractivity contribution < 1.29 is 9.53 Å². The Morgan fingerprint density at radius 3 is 2.40 bits per heavy atom. The minimum absolute atomic E-state index is 0.198. The molecular formula is C14H26N4O2. The highest BCUT2D eigenvalue weighted by Crippen LogP contribution is 2.24. The first-order chi connectivity index (χ1) is 9.39. The Balaban J connectivity index is 1.69. The Hall–Kier alpha value is -1.17. The minimum Gasteiger partial charge on any atom is -0.444 e. The number of nitrogens with zero attached hydrogens (tertiary/aromatic N) is 3. The number of hydrogen-bond donors (Lipinski definition) is 1. The number of hydrogen-bond acceptors (Lipinski definition) is 5. The van der Waals surface area contributed by atoms with Crippen LogP contribution in [-0.4, -0.2) is 60.3 Å². The molecule has 2 rings (SSSR count). The molecule has 0 saturated carbocycles. The van der Waals surface area contributed by atoms with E-state index in [0.29, 0.717) is 18.5 Å². The van der Waals surface area contributed by atoms with Gasteiger partial charge in [0.15, 0.2) is 0 Å². The normalized spacial score (nSPS) is 22.4. The largest absolute Gasteiger partial charge is 0.444 e. The van der Waals surface area contributed by atoms with Crippen LogP contribution in [0.1, 0.15) is 33.6 Å². The summed E-state index contributed by atoms with van der Waals surface area (Å²) in [7, 11) is 0. The van der Waals surface area contributed by atoms with Crippen LogP contribution in [-0.2, 0) is 4.74 Å². The van der Waals surface area contributed by atoms with Crippen LogP contribution in [0.2, 0.25) is 0 Å². The molecule has 6 nitrogen and oxygen atoms in total. The predicted octanol–water partition coefficient (Wildman–Crippen LogP) is 2.35. The Morgan fingerprint density at radius 1 is 1.30 bits per heavy atom. The molecule has 0 aliphatic carbocycles. The molecule has 0 aromatic rings. The summed E-state index contributed by atoms with van der Waals surface area (Å²) in [6, 6.07) is 0.483. The number of piperidine rings is 1. The van der Waals surface area contributed by atoms with Gasteiger partial charge in [-0.05, 0) is 52.6 Å². The third-order valence-corrected chi connectivity index (χ3v) is 4.03. The number of carbonyl (C=O) groups is 1. The summed E-state index contributed by atoms with van der Waals surface area (Å²) in [5.74, 6) is 0.575. The van der Waals surface area contributed by atoms with Crippen LogP contribution in [0.15, 0.2) is 5.11 Å². The topological polar surface area (TPSA) is 69.0 Å². The zero-order chi connectivity index (χ0) is 14.8. The van der Waals surface area contributed by atoms with Crippen molar-refractivity contribution in [1.29, 1.82) is 5.53 Å². The number of ether oxygens (including phenoxy) is 1. The summed E-state index contributed by atoms with van der Waals surface area (Å²) in [6.45, 7) is 10.0. The highest BCUT2D eigenvalue weighted by Gasteiger charge is 2.38. The van der Waals surface area contributed by atoms with E-state index in [4.69, 9.17) is 10.3 Å². The predicted molar refractivity (Wildman–Crippen MR) is 75.9 cm³/mol.